The molecule has 2 nitrogen and oxygen atoms in total. The topological polar surface area (TPSA) is 18.5 Å². The first kappa shape index (κ1) is 22.4. The van der Waals surface area contributed by atoms with Crippen molar-refractivity contribution in [1.29, 1.82) is 0 Å². The molecule has 0 aliphatic rings. The average Bonchev–Trinajstić information content (AvgIpc) is 2.87. The predicted molar refractivity (Wildman–Crippen MR) is 140 cm³/mol. The summed E-state index contributed by atoms with van der Waals surface area (Å²) in [6.45, 7) is 7.85. The van der Waals surface area contributed by atoms with Gasteiger partial charge in [0.25, 0.3) is 0 Å². The molecule has 0 unspecified atom stereocenters. The minimum absolute atomic E-state index is 0.720. The van der Waals surface area contributed by atoms with Gasteiger partial charge in [-0.1, -0.05) is 109 Å². The van der Waals surface area contributed by atoms with Crippen LogP contribution in [-0.4, -0.2) is 8.56 Å². The van der Waals surface area contributed by atoms with Crippen LogP contribution in [0, 0.1) is 0 Å². The summed E-state index contributed by atoms with van der Waals surface area (Å²) in [6, 6.07) is 36.9. The fourth-order valence-electron chi connectivity index (χ4n) is 3.90. The second-order valence-electron chi connectivity index (χ2n) is 7.75. The van der Waals surface area contributed by atoms with E-state index in [1.807, 2.05) is 84.9 Å². The van der Waals surface area contributed by atoms with E-state index in [0.29, 0.717) is 0 Å². The van der Waals surface area contributed by atoms with Gasteiger partial charge >= 0.3 is 8.56 Å². The van der Waals surface area contributed by atoms with E-state index in [9.17, 15) is 0 Å². The zero-order valence-corrected chi connectivity index (χ0v) is 19.7. The molecule has 0 radical (unpaired) electrons. The van der Waals surface area contributed by atoms with Crippen LogP contribution in [0.1, 0.15) is 11.1 Å². The van der Waals surface area contributed by atoms with Crippen LogP contribution in [-0.2, 0) is 12.8 Å². The Balaban J connectivity index is 1.94. The molecule has 0 saturated carbocycles. The molecule has 0 aliphatic heterocycles. The van der Waals surface area contributed by atoms with Gasteiger partial charge in [0.15, 0.2) is 0 Å². The van der Waals surface area contributed by atoms with E-state index in [1.54, 1.807) is 0 Å². The van der Waals surface area contributed by atoms with Gasteiger partial charge in [-0.3, -0.25) is 0 Å². The van der Waals surface area contributed by atoms with Gasteiger partial charge < -0.3 is 8.85 Å². The third-order valence-corrected chi connectivity index (χ3v) is 8.69. The molecule has 0 spiro atoms. The van der Waals surface area contributed by atoms with E-state index in [0.717, 1.165) is 45.8 Å². The van der Waals surface area contributed by atoms with E-state index in [2.05, 4.69) is 49.6 Å². The lowest BCUT2D eigenvalue weighted by Crippen LogP contribution is -2.68. The molecule has 4 aromatic carbocycles. The monoisotopic (exact) mass is 448 g/mol. The predicted octanol–water partition coefficient (Wildman–Crippen LogP) is 5.86. The normalized spacial score (nSPS) is 10.9. The number of benzene rings is 4. The lowest BCUT2D eigenvalue weighted by Gasteiger charge is -2.33. The highest BCUT2D eigenvalue weighted by Crippen LogP contribution is 2.27. The van der Waals surface area contributed by atoms with Gasteiger partial charge in [0.1, 0.15) is 11.5 Å². The van der Waals surface area contributed by atoms with Crippen LogP contribution in [0.3, 0.4) is 0 Å². The first-order valence-electron chi connectivity index (χ1n) is 11.1. The van der Waals surface area contributed by atoms with Crippen molar-refractivity contribution < 1.29 is 8.85 Å². The summed E-state index contributed by atoms with van der Waals surface area (Å²) in [7, 11) is -3.22. The van der Waals surface area contributed by atoms with E-state index >= 15 is 0 Å². The van der Waals surface area contributed by atoms with Gasteiger partial charge in [-0.15, -0.1) is 13.2 Å². The first-order chi connectivity index (χ1) is 16.3. The van der Waals surface area contributed by atoms with Gasteiger partial charge in [-0.25, -0.2) is 0 Å². The Labute approximate surface area is 197 Å². The number of allylic oxidation sites excluding steroid dienone is 2. The van der Waals surface area contributed by atoms with E-state index < -0.39 is 8.56 Å². The van der Waals surface area contributed by atoms with E-state index in [-0.39, 0.29) is 0 Å². The van der Waals surface area contributed by atoms with Crippen molar-refractivity contribution in [1.82, 2.24) is 0 Å². The summed E-state index contributed by atoms with van der Waals surface area (Å²) in [5.74, 6) is 1.64. The molecule has 4 rings (SSSR count). The molecule has 0 N–H and O–H groups in total. The average molecular weight is 449 g/mol. The fourth-order valence-corrected chi connectivity index (χ4v) is 7.03. The van der Waals surface area contributed by atoms with Crippen LogP contribution >= 0.6 is 0 Å². The highest BCUT2D eigenvalue weighted by molar-refractivity contribution is 6.93. The second kappa shape index (κ2) is 10.7. The van der Waals surface area contributed by atoms with Crippen molar-refractivity contribution in [2.45, 2.75) is 12.8 Å². The molecule has 0 bridgehead atoms. The van der Waals surface area contributed by atoms with Gasteiger partial charge in [-0.05, 0) is 36.1 Å². The summed E-state index contributed by atoms with van der Waals surface area (Å²) in [5.41, 5.74) is 2.17. The van der Waals surface area contributed by atoms with Gasteiger partial charge in [0.05, 0.1) is 0 Å². The van der Waals surface area contributed by atoms with Crippen LogP contribution in [0.15, 0.2) is 135 Å². The molecule has 0 aliphatic carbocycles. The number of hydrogen-bond donors (Lipinski definition) is 0. The molecule has 0 aromatic heterocycles. The van der Waals surface area contributed by atoms with Gasteiger partial charge in [-0.2, -0.15) is 0 Å². The summed E-state index contributed by atoms with van der Waals surface area (Å²) < 4.78 is 14.1. The summed E-state index contributed by atoms with van der Waals surface area (Å²) in [4.78, 5) is 0. The summed E-state index contributed by atoms with van der Waals surface area (Å²) in [6.07, 6.45) is 5.24. The largest absolute Gasteiger partial charge is 0.531 e. The van der Waals surface area contributed by atoms with Crippen molar-refractivity contribution in [3.05, 3.63) is 146 Å². The summed E-state index contributed by atoms with van der Waals surface area (Å²) in [5, 5.41) is 2.08. The summed E-state index contributed by atoms with van der Waals surface area (Å²) >= 11 is 0. The zero-order chi connectivity index (χ0) is 22.9. The lowest BCUT2D eigenvalue weighted by molar-refractivity contribution is 0.413. The Hall–Kier alpha value is -3.82. The molecule has 0 amide bonds. The Morgan fingerprint density at radius 2 is 0.879 bits per heavy atom. The maximum Gasteiger partial charge on any atom is 0.531 e. The molecule has 3 heteroatoms. The van der Waals surface area contributed by atoms with E-state index in [4.69, 9.17) is 8.85 Å². The number of para-hydroxylation sites is 2. The smallest absolute Gasteiger partial charge is 0.505 e. The van der Waals surface area contributed by atoms with E-state index in [1.165, 1.54) is 0 Å². The maximum absolute atomic E-state index is 7.04. The van der Waals surface area contributed by atoms with Crippen molar-refractivity contribution in [2.24, 2.45) is 0 Å². The third-order valence-electron chi connectivity index (χ3n) is 5.49. The standard InChI is InChI=1S/C30H28O2Si/c1-3-15-25-17-11-13-23-29(25)31-33(27-19-7-5-8-20-27,28-21-9-6-10-22-28)32-30-24-14-12-18-26(30)16-4-2/h3-14,17-24H,1-2,15-16H2. The molecule has 164 valence electrons. The fraction of sp³-hybridized carbons (Fsp3) is 0.0667. The van der Waals surface area contributed by atoms with Gasteiger partial charge in [0, 0.05) is 10.4 Å². The number of rotatable bonds is 10. The Bertz CT molecular complexity index is 1110. The Morgan fingerprint density at radius 3 is 1.27 bits per heavy atom. The molecule has 0 atom stereocenters. The molecular weight excluding hydrogens is 420 g/mol. The van der Waals surface area contributed by atoms with Crippen LogP contribution in [0.5, 0.6) is 11.5 Å². The molecular formula is C30H28O2Si. The highest BCUT2D eigenvalue weighted by atomic mass is 28.4. The minimum Gasteiger partial charge on any atom is -0.505 e. The van der Waals surface area contributed by atoms with Crippen LogP contribution in [0.25, 0.3) is 0 Å². The highest BCUT2D eigenvalue weighted by Gasteiger charge is 2.48. The van der Waals surface area contributed by atoms with Crippen molar-refractivity contribution in [3.8, 4) is 11.5 Å². The molecule has 0 fully saturated rings. The van der Waals surface area contributed by atoms with Crippen LogP contribution < -0.4 is 19.2 Å². The molecule has 33 heavy (non-hydrogen) atoms. The Kier molecular flexibility index (Phi) is 7.23. The van der Waals surface area contributed by atoms with Crippen molar-refractivity contribution in [3.63, 3.8) is 0 Å². The zero-order valence-electron chi connectivity index (χ0n) is 18.7. The molecule has 4 aromatic rings. The minimum atomic E-state index is -3.22. The van der Waals surface area contributed by atoms with Crippen molar-refractivity contribution >= 4 is 18.9 Å². The third kappa shape index (κ3) is 4.99. The van der Waals surface area contributed by atoms with Gasteiger partial charge in [0.2, 0.25) is 0 Å². The lowest BCUT2D eigenvalue weighted by atomic mass is 10.1. The quantitative estimate of drug-likeness (QED) is 0.224. The first-order valence-corrected chi connectivity index (χ1v) is 12.9. The van der Waals surface area contributed by atoms with Crippen LogP contribution in [0.2, 0.25) is 0 Å². The molecule has 0 heterocycles. The Morgan fingerprint density at radius 1 is 0.515 bits per heavy atom. The second-order valence-corrected chi connectivity index (χ2v) is 10.5. The molecule has 0 saturated heterocycles. The van der Waals surface area contributed by atoms with Crippen LogP contribution in [0.4, 0.5) is 0 Å². The maximum atomic E-state index is 7.04. The number of hydrogen-bond acceptors (Lipinski definition) is 2. The van der Waals surface area contributed by atoms with Crippen molar-refractivity contribution in [2.75, 3.05) is 0 Å². The SMILES string of the molecule is C=CCc1ccccc1O[Si](Oc1ccccc1CC=C)(c1ccccc1)c1ccccc1.